The number of rotatable bonds is 4. The van der Waals surface area contributed by atoms with E-state index in [0.29, 0.717) is 17.5 Å². The quantitative estimate of drug-likeness (QED) is 0.177. The second-order valence-corrected chi connectivity index (χ2v) is 17.4. The van der Waals surface area contributed by atoms with Gasteiger partial charge in [0.15, 0.2) is 17.5 Å². The number of thiophene rings is 1. The molecule has 4 heterocycles. The Morgan fingerprint density at radius 2 is 0.952 bits per heavy atom. The minimum Gasteiger partial charge on any atom is -0.456 e. The Morgan fingerprint density at radius 3 is 1.79 bits per heavy atom. The molecule has 292 valence electrons. The van der Waals surface area contributed by atoms with Gasteiger partial charge in [-0.15, -0.1) is 11.3 Å². The van der Waals surface area contributed by atoms with E-state index in [0.717, 1.165) is 71.5 Å². The Labute approximate surface area is 363 Å². The highest BCUT2D eigenvalue weighted by atomic mass is 32.1. The molecule has 14 aromatic rings. The van der Waals surface area contributed by atoms with Gasteiger partial charge in [-0.05, 0) is 74.8 Å². The highest BCUT2D eigenvalue weighted by Gasteiger charge is 2.24. The molecule has 0 fully saturated rings. The van der Waals surface area contributed by atoms with Gasteiger partial charge in [0, 0.05) is 64.5 Å². The van der Waals surface area contributed by atoms with E-state index in [-0.39, 0.29) is 0 Å². The van der Waals surface area contributed by atoms with Crippen molar-refractivity contribution in [2.24, 2.45) is 0 Å². The molecule has 0 atom stereocenters. The first-order valence-corrected chi connectivity index (χ1v) is 22.0. The summed E-state index contributed by atoms with van der Waals surface area (Å²) in [6.45, 7) is 0. The van der Waals surface area contributed by atoms with Gasteiger partial charge in [-0.1, -0.05) is 146 Å². The van der Waals surface area contributed by atoms with E-state index >= 15 is 0 Å². The molecule has 5 nitrogen and oxygen atoms in total. The van der Waals surface area contributed by atoms with E-state index in [1.54, 1.807) is 11.3 Å². The fourth-order valence-corrected chi connectivity index (χ4v) is 11.1. The lowest BCUT2D eigenvalue weighted by Gasteiger charge is -2.16. The van der Waals surface area contributed by atoms with Crippen LogP contribution in [-0.4, -0.2) is 19.5 Å². The second-order valence-electron chi connectivity index (χ2n) is 16.3. The second kappa shape index (κ2) is 13.2. The van der Waals surface area contributed by atoms with Gasteiger partial charge in [0.2, 0.25) is 0 Å². The zero-order valence-corrected chi connectivity index (χ0v) is 34.4. The zero-order valence-electron chi connectivity index (χ0n) is 33.6. The first-order chi connectivity index (χ1) is 31.2. The number of nitrogens with zero attached hydrogens (tertiary/aromatic N) is 4. The summed E-state index contributed by atoms with van der Waals surface area (Å²) in [7, 11) is 0. The lowest BCUT2D eigenvalue weighted by atomic mass is 10.0. The van der Waals surface area contributed by atoms with Gasteiger partial charge < -0.3 is 8.98 Å². The summed E-state index contributed by atoms with van der Waals surface area (Å²) >= 11 is 1.80. The maximum atomic E-state index is 6.70. The van der Waals surface area contributed by atoms with Crippen LogP contribution in [0.15, 0.2) is 199 Å². The molecule has 0 unspecified atom stereocenters. The molecule has 0 bridgehead atoms. The number of para-hydroxylation sites is 1. The summed E-state index contributed by atoms with van der Waals surface area (Å²) in [6.07, 6.45) is 0. The molecular weight excluding hydrogens is 789 g/mol. The van der Waals surface area contributed by atoms with Crippen molar-refractivity contribution in [1.29, 1.82) is 0 Å². The topological polar surface area (TPSA) is 56.7 Å². The molecule has 0 aliphatic rings. The molecule has 0 spiro atoms. The van der Waals surface area contributed by atoms with E-state index in [1.807, 2.05) is 12.1 Å². The number of benzene rings is 10. The van der Waals surface area contributed by atoms with Crippen molar-refractivity contribution in [3.05, 3.63) is 194 Å². The molecule has 0 saturated carbocycles. The Bertz CT molecular complexity index is 4230. The average Bonchev–Trinajstić information content (AvgIpc) is 4.01. The van der Waals surface area contributed by atoms with E-state index in [4.69, 9.17) is 19.4 Å². The molecule has 0 aliphatic heterocycles. The Morgan fingerprint density at radius 1 is 0.349 bits per heavy atom. The predicted octanol–water partition coefficient (Wildman–Crippen LogP) is 15.7. The highest BCUT2D eigenvalue weighted by Crippen LogP contribution is 2.45. The zero-order chi connectivity index (χ0) is 41.2. The van der Waals surface area contributed by atoms with Crippen LogP contribution < -0.4 is 0 Å². The number of furan rings is 1. The van der Waals surface area contributed by atoms with Crippen molar-refractivity contribution in [3.63, 3.8) is 0 Å². The SMILES string of the molecule is c1ccc2cc3c(cc2c1)c1c2ccccc2ccc1n3-c1cc2oc3ccccc3c2cc1-c1nc(-c2cccc3ccccc23)nc(-c2cccc3sc4ccccc4c23)n1. The van der Waals surface area contributed by atoms with E-state index in [2.05, 4.69) is 187 Å². The van der Waals surface area contributed by atoms with Gasteiger partial charge in [-0.3, -0.25) is 0 Å². The largest absolute Gasteiger partial charge is 0.456 e. The monoisotopic (exact) mass is 820 g/mol. The van der Waals surface area contributed by atoms with Crippen LogP contribution in [-0.2, 0) is 0 Å². The van der Waals surface area contributed by atoms with Gasteiger partial charge in [0.1, 0.15) is 11.2 Å². The molecule has 0 amide bonds. The maximum Gasteiger partial charge on any atom is 0.166 e. The summed E-state index contributed by atoms with van der Waals surface area (Å²) in [4.78, 5) is 16.5. The third-order valence-electron chi connectivity index (χ3n) is 12.8. The van der Waals surface area contributed by atoms with Crippen molar-refractivity contribution < 1.29 is 4.42 Å². The van der Waals surface area contributed by atoms with Crippen LogP contribution in [0, 0.1) is 0 Å². The van der Waals surface area contributed by atoms with Crippen LogP contribution in [0.4, 0.5) is 0 Å². The van der Waals surface area contributed by atoms with Crippen molar-refractivity contribution >= 4 is 108 Å². The molecule has 4 aromatic heterocycles. The van der Waals surface area contributed by atoms with Crippen molar-refractivity contribution in [3.8, 4) is 39.9 Å². The molecule has 63 heavy (non-hydrogen) atoms. The van der Waals surface area contributed by atoms with Crippen molar-refractivity contribution in [2.75, 3.05) is 0 Å². The van der Waals surface area contributed by atoms with Crippen molar-refractivity contribution in [1.82, 2.24) is 19.5 Å². The number of hydrogen-bond donors (Lipinski definition) is 0. The van der Waals surface area contributed by atoms with Crippen LogP contribution in [0.1, 0.15) is 0 Å². The predicted molar refractivity (Wildman–Crippen MR) is 263 cm³/mol. The summed E-state index contributed by atoms with van der Waals surface area (Å²) in [5.41, 5.74) is 7.54. The third-order valence-corrected chi connectivity index (χ3v) is 13.9. The molecular formula is C57H32N4OS. The smallest absolute Gasteiger partial charge is 0.166 e. The highest BCUT2D eigenvalue weighted by molar-refractivity contribution is 7.25. The Balaban J connectivity index is 1.15. The number of aromatic nitrogens is 4. The van der Waals surface area contributed by atoms with Crippen molar-refractivity contribution in [2.45, 2.75) is 0 Å². The van der Waals surface area contributed by atoms with Crippen LogP contribution >= 0.6 is 11.3 Å². The summed E-state index contributed by atoms with van der Waals surface area (Å²) < 4.78 is 11.5. The summed E-state index contributed by atoms with van der Waals surface area (Å²) in [5.74, 6) is 1.82. The van der Waals surface area contributed by atoms with Crippen LogP contribution in [0.2, 0.25) is 0 Å². The normalized spacial score (nSPS) is 12.1. The van der Waals surface area contributed by atoms with Gasteiger partial charge in [0.25, 0.3) is 0 Å². The summed E-state index contributed by atoms with van der Waals surface area (Å²) in [5, 5.41) is 13.7. The molecule has 6 heteroatoms. The Hall–Kier alpha value is -8.19. The molecule has 14 rings (SSSR count). The third kappa shape index (κ3) is 5.13. The minimum absolute atomic E-state index is 0.582. The molecule has 0 aliphatic carbocycles. The van der Waals surface area contributed by atoms with Gasteiger partial charge in [-0.2, -0.15) is 0 Å². The molecule has 0 saturated heterocycles. The lowest BCUT2D eigenvalue weighted by Crippen LogP contribution is -2.04. The van der Waals surface area contributed by atoms with E-state index in [1.165, 1.54) is 47.1 Å². The van der Waals surface area contributed by atoms with Crippen LogP contribution in [0.3, 0.4) is 0 Å². The Kier molecular flexibility index (Phi) is 7.21. The fraction of sp³-hybridized carbons (Fsp3) is 0. The average molecular weight is 821 g/mol. The number of fused-ring (bicyclic) bond motifs is 13. The fourth-order valence-electron chi connectivity index (χ4n) is 9.98. The first-order valence-electron chi connectivity index (χ1n) is 21.2. The lowest BCUT2D eigenvalue weighted by molar-refractivity contribution is 0.668. The van der Waals surface area contributed by atoms with Gasteiger partial charge >= 0.3 is 0 Å². The summed E-state index contributed by atoms with van der Waals surface area (Å²) in [6, 6.07) is 69.1. The molecule has 0 N–H and O–H groups in total. The van der Waals surface area contributed by atoms with Gasteiger partial charge in [0.05, 0.1) is 16.7 Å². The van der Waals surface area contributed by atoms with Gasteiger partial charge in [-0.25, -0.2) is 15.0 Å². The minimum atomic E-state index is 0.582. The van der Waals surface area contributed by atoms with Crippen LogP contribution in [0.5, 0.6) is 0 Å². The molecule has 0 radical (unpaired) electrons. The van der Waals surface area contributed by atoms with E-state index < -0.39 is 0 Å². The first kappa shape index (κ1) is 34.5. The van der Waals surface area contributed by atoms with E-state index in [9.17, 15) is 0 Å². The molecule has 10 aromatic carbocycles. The standard InChI is InChI=1S/C57H32N4OS/c1-2-16-36-30-47-44(29-35(36)15-1)53-38-19-6-4-14-34(38)27-28-46(53)61(47)48-32-50-43(39-20-7-9-24-49(39)62-50)31-45(48)57-59-55(40-22-11-17-33-13-3-5-18-37(33)40)58-56(60-57)42-23-12-26-52-54(42)41-21-8-10-25-51(41)63-52/h1-32H. The number of hydrogen-bond acceptors (Lipinski definition) is 5. The van der Waals surface area contributed by atoms with Crippen LogP contribution in [0.25, 0.3) is 136 Å². The maximum absolute atomic E-state index is 6.70.